The van der Waals surface area contributed by atoms with Gasteiger partial charge < -0.3 is 10.0 Å². The predicted molar refractivity (Wildman–Crippen MR) is 48.6 cm³/mol. The molecule has 0 heterocycles. The molecule has 0 aliphatic rings. The molecule has 0 spiro atoms. The molecule has 1 rings (SSSR count). The molecule has 0 bridgehead atoms. The molecule has 0 saturated heterocycles. The van der Waals surface area contributed by atoms with Crippen molar-refractivity contribution in [1.82, 2.24) is 0 Å². The van der Waals surface area contributed by atoms with E-state index in [1.807, 2.05) is 0 Å². The van der Waals surface area contributed by atoms with Gasteiger partial charge in [0.25, 0.3) is 0 Å². The monoisotopic (exact) mass is 250 g/mol. The Hall–Kier alpha value is -0.455. The van der Waals surface area contributed by atoms with Gasteiger partial charge in [-0.15, -0.1) is 0 Å². The van der Waals surface area contributed by atoms with Crippen molar-refractivity contribution >= 4 is 28.5 Å². The van der Waals surface area contributed by atoms with E-state index in [0.29, 0.717) is 0 Å². The van der Waals surface area contributed by atoms with Gasteiger partial charge in [-0.05, 0) is 13.0 Å². The van der Waals surface area contributed by atoms with Crippen LogP contribution in [0.3, 0.4) is 0 Å². The van der Waals surface area contributed by atoms with Gasteiger partial charge in [-0.3, -0.25) is 0 Å². The fourth-order valence-electron chi connectivity index (χ4n) is 0.946. The van der Waals surface area contributed by atoms with Crippen molar-refractivity contribution in [3.63, 3.8) is 0 Å². The largest absolute Gasteiger partial charge is 0.492 e. The van der Waals surface area contributed by atoms with Crippen molar-refractivity contribution in [3.8, 4) is 0 Å². The molecular weight excluding hydrogens is 245 g/mol. The summed E-state index contributed by atoms with van der Waals surface area (Å²) in [5.41, 5.74) is -0.579. The van der Waals surface area contributed by atoms with Crippen LogP contribution in [0.1, 0.15) is 5.56 Å². The van der Waals surface area contributed by atoms with Gasteiger partial charge in [-0.2, -0.15) is 0 Å². The minimum absolute atomic E-state index is 0.00287. The van der Waals surface area contributed by atoms with Crippen LogP contribution in [0.5, 0.6) is 0 Å². The summed E-state index contributed by atoms with van der Waals surface area (Å²) in [6.07, 6.45) is 0. The van der Waals surface area contributed by atoms with Crippen LogP contribution in [-0.2, 0) is 0 Å². The molecule has 0 unspecified atom stereocenters. The molecule has 1 aromatic carbocycles. The second-order valence-corrected chi connectivity index (χ2v) is 3.42. The topological polar surface area (TPSA) is 40.5 Å². The highest BCUT2D eigenvalue weighted by Crippen LogP contribution is 2.16. The number of rotatable bonds is 1. The molecule has 0 aliphatic heterocycles. The molecule has 0 saturated carbocycles. The summed E-state index contributed by atoms with van der Waals surface area (Å²) >= 11 is 2.83. The quantitative estimate of drug-likeness (QED) is 0.721. The van der Waals surface area contributed by atoms with Gasteiger partial charge in [0, 0.05) is 15.5 Å². The van der Waals surface area contributed by atoms with Crippen LogP contribution in [0.25, 0.3) is 0 Å². The van der Waals surface area contributed by atoms with E-state index in [4.69, 9.17) is 10.0 Å². The third-order valence-electron chi connectivity index (χ3n) is 1.69. The molecule has 6 heteroatoms. The summed E-state index contributed by atoms with van der Waals surface area (Å²) in [6.45, 7) is 1.23. The van der Waals surface area contributed by atoms with Gasteiger partial charge >= 0.3 is 7.12 Å². The summed E-state index contributed by atoms with van der Waals surface area (Å²) in [7, 11) is -1.95. The van der Waals surface area contributed by atoms with Gasteiger partial charge in [0.2, 0.25) is 0 Å². The number of halogens is 3. The average Bonchev–Trinajstić information content (AvgIpc) is 1.99. The van der Waals surface area contributed by atoms with E-state index in [0.717, 1.165) is 6.07 Å². The molecule has 0 atom stereocenters. The zero-order valence-corrected chi connectivity index (χ0v) is 8.27. The summed E-state index contributed by atoms with van der Waals surface area (Å²) in [6, 6.07) is 0.993. The fourth-order valence-corrected chi connectivity index (χ4v) is 1.53. The first-order valence-electron chi connectivity index (χ1n) is 3.45. The van der Waals surface area contributed by atoms with E-state index in [9.17, 15) is 8.78 Å². The zero-order valence-electron chi connectivity index (χ0n) is 6.68. The van der Waals surface area contributed by atoms with Crippen molar-refractivity contribution < 1.29 is 18.8 Å². The molecule has 2 N–H and O–H groups in total. The Morgan fingerprint density at radius 3 is 2.38 bits per heavy atom. The molecule has 70 valence electrons. The third kappa shape index (κ3) is 1.90. The summed E-state index contributed by atoms with van der Waals surface area (Å²) in [4.78, 5) is 0. The number of hydrogen-bond acceptors (Lipinski definition) is 2. The van der Waals surface area contributed by atoms with Crippen molar-refractivity contribution in [2.75, 3.05) is 0 Å². The molecule has 0 fully saturated rings. The number of benzene rings is 1. The first-order valence-corrected chi connectivity index (χ1v) is 4.24. The van der Waals surface area contributed by atoms with Gasteiger partial charge in [-0.25, -0.2) is 8.78 Å². The van der Waals surface area contributed by atoms with E-state index < -0.39 is 18.8 Å². The second kappa shape index (κ2) is 3.73. The molecule has 0 amide bonds. The molecule has 2 nitrogen and oxygen atoms in total. The van der Waals surface area contributed by atoms with Gasteiger partial charge in [0.05, 0.1) is 0 Å². The Labute approximate surface area is 82.5 Å². The minimum atomic E-state index is -1.95. The fraction of sp³-hybridized carbons (Fsp3) is 0.143. The normalized spacial score (nSPS) is 10.3. The minimum Gasteiger partial charge on any atom is -0.423 e. The van der Waals surface area contributed by atoms with Crippen LogP contribution in [0, 0.1) is 18.6 Å². The Morgan fingerprint density at radius 1 is 1.38 bits per heavy atom. The van der Waals surface area contributed by atoms with Crippen molar-refractivity contribution in [1.29, 1.82) is 0 Å². The first-order chi connectivity index (χ1) is 5.95. The average molecular weight is 251 g/mol. The lowest BCUT2D eigenvalue weighted by atomic mass is 9.79. The Bertz CT molecular complexity index is 344. The summed E-state index contributed by atoms with van der Waals surface area (Å²) in [5.74, 6) is -1.67. The van der Waals surface area contributed by atoms with Crippen molar-refractivity contribution in [2.45, 2.75) is 6.92 Å². The highest BCUT2D eigenvalue weighted by molar-refractivity contribution is 9.10. The van der Waals surface area contributed by atoms with E-state index in [-0.39, 0.29) is 15.5 Å². The maximum absolute atomic E-state index is 13.2. The third-order valence-corrected chi connectivity index (χ3v) is 2.35. The number of hydrogen-bond donors (Lipinski definition) is 2. The Morgan fingerprint density at radius 2 is 1.92 bits per heavy atom. The van der Waals surface area contributed by atoms with Crippen LogP contribution < -0.4 is 5.46 Å². The van der Waals surface area contributed by atoms with E-state index in [1.54, 1.807) is 0 Å². The molecule has 13 heavy (non-hydrogen) atoms. The maximum Gasteiger partial charge on any atom is 0.492 e. The highest BCUT2D eigenvalue weighted by Gasteiger charge is 2.23. The molecule has 0 aromatic heterocycles. The Kier molecular flexibility index (Phi) is 3.05. The predicted octanol–water partition coefficient (Wildman–Crippen LogP) is 0.716. The summed E-state index contributed by atoms with van der Waals surface area (Å²) < 4.78 is 26.0. The zero-order chi connectivity index (χ0) is 10.2. The van der Waals surface area contributed by atoms with Crippen LogP contribution in [-0.4, -0.2) is 17.2 Å². The molecule has 1 aromatic rings. The van der Waals surface area contributed by atoms with Crippen LogP contribution >= 0.6 is 15.9 Å². The highest BCUT2D eigenvalue weighted by atomic mass is 79.9. The van der Waals surface area contributed by atoms with Crippen molar-refractivity contribution in [3.05, 3.63) is 27.7 Å². The van der Waals surface area contributed by atoms with Crippen LogP contribution in [0.15, 0.2) is 10.5 Å². The van der Waals surface area contributed by atoms with Gasteiger partial charge in [-0.1, -0.05) is 15.9 Å². The Balaban J connectivity index is 3.44. The van der Waals surface area contributed by atoms with E-state index in [2.05, 4.69) is 15.9 Å². The second-order valence-electron chi connectivity index (χ2n) is 2.57. The van der Waals surface area contributed by atoms with Crippen molar-refractivity contribution in [2.24, 2.45) is 0 Å². The van der Waals surface area contributed by atoms with Crippen LogP contribution in [0.2, 0.25) is 0 Å². The summed E-state index contributed by atoms with van der Waals surface area (Å²) in [5, 5.41) is 17.5. The standard InChI is InChI=1S/C7H6BBrF2O2/c1-3-5(10)2-4(9)6(7(3)11)8(12)13/h2,12-13H,1H3. The maximum atomic E-state index is 13.2. The van der Waals surface area contributed by atoms with E-state index in [1.165, 1.54) is 6.92 Å². The van der Waals surface area contributed by atoms with Gasteiger partial charge in [0.1, 0.15) is 11.6 Å². The molecule has 0 aliphatic carbocycles. The SMILES string of the molecule is Cc1c(F)cc(Br)c(B(O)O)c1F. The van der Waals surface area contributed by atoms with E-state index >= 15 is 0 Å². The lowest BCUT2D eigenvalue weighted by Gasteiger charge is -2.07. The first kappa shape index (κ1) is 10.6. The molecular formula is C7H6BBrF2O2. The van der Waals surface area contributed by atoms with Crippen LogP contribution in [0.4, 0.5) is 8.78 Å². The lowest BCUT2D eigenvalue weighted by molar-refractivity contribution is 0.422. The smallest absolute Gasteiger partial charge is 0.423 e. The van der Waals surface area contributed by atoms with Gasteiger partial charge in [0.15, 0.2) is 0 Å². The molecule has 0 radical (unpaired) electrons. The lowest BCUT2D eigenvalue weighted by Crippen LogP contribution is -2.35.